The second-order valence-corrected chi connectivity index (χ2v) is 9.43. The highest BCUT2D eigenvalue weighted by Crippen LogP contribution is 2.35. The predicted molar refractivity (Wildman–Crippen MR) is 126 cm³/mol. The van der Waals surface area contributed by atoms with E-state index in [1.807, 2.05) is 12.1 Å². The Morgan fingerprint density at radius 1 is 1.19 bits per heavy atom. The first-order valence-electron chi connectivity index (χ1n) is 11.4. The first-order chi connectivity index (χ1) is 15.0. The van der Waals surface area contributed by atoms with Gasteiger partial charge in [0.1, 0.15) is 11.7 Å². The lowest BCUT2D eigenvalue weighted by atomic mass is 10.1. The van der Waals surface area contributed by atoms with Crippen LogP contribution in [0, 0.1) is 11.3 Å². The number of amidine groups is 1. The van der Waals surface area contributed by atoms with Crippen LogP contribution in [0.2, 0.25) is 0 Å². The minimum absolute atomic E-state index is 0.0882. The molecule has 2 aromatic carbocycles. The van der Waals surface area contributed by atoms with Gasteiger partial charge in [0.2, 0.25) is 0 Å². The van der Waals surface area contributed by atoms with Crippen molar-refractivity contribution >= 4 is 22.6 Å². The number of benzene rings is 2. The van der Waals surface area contributed by atoms with Gasteiger partial charge in [0.05, 0.1) is 24.2 Å². The highest BCUT2D eigenvalue weighted by atomic mass is 15.4. The van der Waals surface area contributed by atoms with E-state index in [-0.39, 0.29) is 5.84 Å². The zero-order valence-corrected chi connectivity index (χ0v) is 18.5. The van der Waals surface area contributed by atoms with Gasteiger partial charge in [-0.2, -0.15) is 0 Å². The van der Waals surface area contributed by atoms with Crippen molar-refractivity contribution in [1.82, 2.24) is 14.5 Å². The van der Waals surface area contributed by atoms with Crippen LogP contribution in [0.15, 0.2) is 42.5 Å². The molecule has 0 radical (unpaired) electrons. The molecule has 1 aliphatic heterocycles. The molecular formula is C25H32N6. The van der Waals surface area contributed by atoms with E-state index in [0.717, 1.165) is 61.2 Å². The standard InChI is InChI=1S/C25H32N6/c1-17(2)11-12-31-23-10-7-18(25(26)27)13-21(23)28-24(31)15-30-16-29(20-8-9-20)14-19-5-3-4-6-22(19)30/h3-7,10,13,17,20H,8-9,11-12,14-16H2,1-2H3,(H3,26,27). The van der Waals surface area contributed by atoms with E-state index in [4.69, 9.17) is 16.1 Å². The monoisotopic (exact) mass is 416 g/mol. The van der Waals surface area contributed by atoms with E-state index < -0.39 is 0 Å². The Kier molecular flexibility index (Phi) is 5.18. The third-order valence-electron chi connectivity index (χ3n) is 6.52. The number of imidazole rings is 1. The molecule has 1 aromatic heterocycles. The Morgan fingerprint density at radius 2 is 2.00 bits per heavy atom. The van der Waals surface area contributed by atoms with E-state index >= 15 is 0 Å². The SMILES string of the molecule is CC(C)CCn1c(CN2CN(C3CC3)Cc3ccccc32)nc2cc(C(=N)N)ccc21. The molecule has 0 bridgehead atoms. The van der Waals surface area contributed by atoms with E-state index in [9.17, 15) is 0 Å². The summed E-state index contributed by atoms with van der Waals surface area (Å²) in [4.78, 5) is 10.1. The second-order valence-electron chi connectivity index (χ2n) is 9.43. The quantitative estimate of drug-likeness (QED) is 0.445. The van der Waals surface area contributed by atoms with Crippen LogP contribution in [0.3, 0.4) is 0 Å². The van der Waals surface area contributed by atoms with Crippen molar-refractivity contribution in [2.75, 3.05) is 11.6 Å². The summed E-state index contributed by atoms with van der Waals surface area (Å²) in [6, 6.07) is 15.5. The van der Waals surface area contributed by atoms with Crippen LogP contribution in [0.1, 0.15) is 50.1 Å². The van der Waals surface area contributed by atoms with Crippen molar-refractivity contribution in [1.29, 1.82) is 5.41 Å². The lowest BCUT2D eigenvalue weighted by Gasteiger charge is -2.38. The van der Waals surface area contributed by atoms with Gasteiger partial charge in [-0.1, -0.05) is 32.0 Å². The molecule has 3 N–H and O–H groups in total. The summed E-state index contributed by atoms with van der Waals surface area (Å²) in [5.41, 5.74) is 11.3. The third-order valence-corrected chi connectivity index (χ3v) is 6.52. The van der Waals surface area contributed by atoms with E-state index in [0.29, 0.717) is 5.92 Å². The number of nitrogen functional groups attached to an aromatic ring is 1. The first-order valence-corrected chi connectivity index (χ1v) is 11.4. The van der Waals surface area contributed by atoms with Crippen molar-refractivity contribution in [2.24, 2.45) is 11.7 Å². The van der Waals surface area contributed by atoms with Crippen LogP contribution in [0.4, 0.5) is 5.69 Å². The van der Waals surface area contributed by atoms with Crippen molar-refractivity contribution in [3.63, 3.8) is 0 Å². The molecule has 2 heterocycles. The van der Waals surface area contributed by atoms with Crippen molar-refractivity contribution in [2.45, 2.75) is 58.8 Å². The summed E-state index contributed by atoms with van der Waals surface area (Å²) in [6.07, 6.45) is 3.74. The summed E-state index contributed by atoms with van der Waals surface area (Å²) in [5.74, 6) is 1.80. The molecule has 0 amide bonds. The summed E-state index contributed by atoms with van der Waals surface area (Å²) in [5, 5.41) is 7.79. The number of aromatic nitrogens is 2. The molecule has 162 valence electrons. The number of aryl methyl sites for hydroxylation is 1. The van der Waals surface area contributed by atoms with Crippen LogP contribution in [0.25, 0.3) is 11.0 Å². The zero-order chi connectivity index (χ0) is 21.5. The predicted octanol–water partition coefficient (Wildman–Crippen LogP) is 4.31. The smallest absolute Gasteiger partial charge is 0.129 e. The van der Waals surface area contributed by atoms with Crippen LogP contribution < -0.4 is 10.6 Å². The number of hydrogen-bond acceptors (Lipinski definition) is 4. The van der Waals surface area contributed by atoms with Gasteiger partial charge in [-0.3, -0.25) is 10.3 Å². The maximum atomic E-state index is 7.79. The maximum Gasteiger partial charge on any atom is 0.129 e. The normalized spacial score (nSPS) is 16.8. The number of nitrogens with zero attached hydrogens (tertiary/aromatic N) is 4. The highest BCUT2D eigenvalue weighted by molar-refractivity contribution is 5.98. The lowest BCUT2D eigenvalue weighted by molar-refractivity contribution is 0.239. The molecule has 2 aliphatic rings. The fraction of sp³-hybridized carbons (Fsp3) is 0.440. The van der Waals surface area contributed by atoms with Crippen molar-refractivity contribution < 1.29 is 0 Å². The third kappa shape index (κ3) is 4.04. The number of rotatable bonds is 7. The molecule has 1 aliphatic carbocycles. The first kappa shape index (κ1) is 20.1. The molecule has 31 heavy (non-hydrogen) atoms. The fourth-order valence-corrected chi connectivity index (χ4v) is 4.61. The lowest BCUT2D eigenvalue weighted by Crippen LogP contribution is -2.43. The Morgan fingerprint density at radius 3 is 2.74 bits per heavy atom. The van der Waals surface area contributed by atoms with Crippen LogP contribution in [-0.2, 0) is 19.6 Å². The molecule has 1 saturated carbocycles. The van der Waals surface area contributed by atoms with Gasteiger partial charge in [0, 0.05) is 30.4 Å². The number of nitrogens with two attached hydrogens (primary N) is 1. The molecular weight excluding hydrogens is 384 g/mol. The molecule has 1 fully saturated rings. The van der Waals surface area contributed by atoms with Gasteiger partial charge >= 0.3 is 0 Å². The van der Waals surface area contributed by atoms with Gasteiger partial charge in [-0.05, 0) is 55.0 Å². The molecule has 0 spiro atoms. The Balaban J connectivity index is 1.52. The summed E-state index contributed by atoms with van der Waals surface area (Å²) < 4.78 is 2.37. The average Bonchev–Trinajstić information content (AvgIpc) is 3.54. The minimum atomic E-state index is 0.0882. The highest BCUT2D eigenvalue weighted by Gasteiger charge is 2.34. The topological polar surface area (TPSA) is 74.2 Å². The van der Waals surface area contributed by atoms with Gasteiger partial charge in [0.15, 0.2) is 0 Å². The van der Waals surface area contributed by atoms with Gasteiger partial charge < -0.3 is 15.2 Å². The number of hydrogen-bond donors (Lipinski definition) is 2. The Bertz CT molecular complexity index is 1110. The molecule has 0 atom stereocenters. The molecule has 5 rings (SSSR count). The summed E-state index contributed by atoms with van der Waals surface area (Å²) >= 11 is 0. The zero-order valence-electron chi connectivity index (χ0n) is 18.5. The summed E-state index contributed by atoms with van der Waals surface area (Å²) in [7, 11) is 0. The average molecular weight is 417 g/mol. The van der Waals surface area contributed by atoms with Crippen LogP contribution in [0.5, 0.6) is 0 Å². The number of fused-ring (bicyclic) bond motifs is 2. The van der Waals surface area contributed by atoms with Crippen molar-refractivity contribution in [3.8, 4) is 0 Å². The van der Waals surface area contributed by atoms with E-state index in [1.165, 1.54) is 24.1 Å². The molecule has 0 unspecified atom stereocenters. The molecule has 0 saturated heterocycles. The minimum Gasteiger partial charge on any atom is -0.384 e. The van der Waals surface area contributed by atoms with Crippen LogP contribution in [-0.4, -0.2) is 33.0 Å². The number of anilines is 1. The van der Waals surface area contributed by atoms with Crippen LogP contribution >= 0.6 is 0 Å². The Hall–Kier alpha value is -2.86. The number of nitrogens with one attached hydrogen (secondary N) is 1. The van der Waals surface area contributed by atoms with Gasteiger partial charge in [0.25, 0.3) is 0 Å². The Labute approximate surface area is 184 Å². The maximum absolute atomic E-state index is 7.79. The van der Waals surface area contributed by atoms with Gasteiger partial charge in [-0.25, -0.2) is 4.98 Å². The van der Waals surface area contributed by atoms with E-state index in [2.05, 4.69) is 58.5 Å². The van der Waals surface area contributed by atoms with Gasteiger partial charge in [-0.15, -0.1) is 0 Å². The van der Waals surface area contributed by atoms with E-state index in [1.54, 1.807) is 0 Å². The molecule has 3 aromatic rings. The largest absolute Gasteiger partial charge is 0.384 e. The molecule has 6 heteroatoms. The second kappa shape index (κ2) is 8.00. The fourth-order valence-electron chi connectivity index (χ4n) is 4.61. The summed E-state index contributed by atoms with van der Waals surface area (Å²) in [6.45, 7) is 8.26. The van der Waals surface area contributed by atoms with Crippen molar-refractivity contribution in [3.05, 3.63) is 59.4 Å². The number of para-hydroxylation sites is 1. The molecule has 6 nitrogen and oxygen atoms in total.